The molecule has 1 spiro atoms. The molecule has 1 heteroatoms. The molecule has 0 bridgehead atoms. The Labute approximate surface area is 162 Å². The van der Waals surface area contributed by atoms with Crippen molar-refractivity contribution < 1.29 is 0 Å². The fourth-order valence-electron chi connectivity index (χ4n) is 5.63. The van der Waals surface area contributed by atoms with Crippen LogP contribution >= 0.6 is 0 Å². The van der Waals surface area contributed by atoms with E-state index in [1.165, 1.54) is 79.7 Å². The van der Waals surface area contributed by atoms with E-state index in [-0.39, 0.29) is 0 Å². The van der Waals surface area contributed by atoms with Crippen LogP contribution in [0, 0.1) is 5.41 Å². The Balaban J connectivity index is 1.45. The maximum absolute atomic E-state index is 4.73. The number of nitrogens with zero attached hydrogens (tertiary/aromatic N) is 1. The van der Waals surface area contributed by atoms with Gasteiger partial charge in [0.1, 0.15) is 0 Å². The van der Waals surface area contributed by atoms with E-state index in [1.54, 1.807) is 0 Å². The highest BCUT2D eigenvalue weighted by Gasteiger charge is 2.36. The van der Waals surface area contributed by atoms with E-state index in [0.717, 1.165) is 11.6 Å². The maximum atomic E-state index is 4.73. The number of rotatable bonds is 2. The first-order chi connectivity index (χ1) is 13.3. The summed E-state index contributed by atoms with van der Waals surface area (Å²) in [4.78, 5) is 4.73. The van der Waals surface area contributed by atoms with Crippen molar-refractivity contribution in [3.63, 3.8) is 0 Å². The van der Waals surface area contributed by atoms with Crippen LogP contribution in [0.2, 0.25) is 0 Å². The van der Waals surface area contributed by atoms with Crippen molar-refractivity contribution in [2.75, 3.05) is 0 Å². The minimum Gasteiger partial charge on any atom is -0.256 e. The summed E-state index contributed by atoms with van der Waals surface area (Å²) < 4.78 is 0. The van der Waals surface area contributed by atoms with Crippen LogP contribution < -0.4 is 0 Å². The normalized spacial score (nSPS) is 20.1. The lowest BCUT2D eigenvalue weighted by atomic mass is 9.62. The first-order valence-electron chi connectivity index (χ1n) is 10.8. The standard InChI is InChI=1S/C26H29N/c1-3-7-22(8-4-1)25-24-19-23(10-9-21(24)13-18-27-25)20-11-16-26(17-12-20)14-5-2-6-15-26/h1,3-4,7-10,13,18-20H,2,5-6,11-12,14-17H2. The van der Waals surface area contributed by atoms with Crippen LogP contribution in [0.1, 0.15) is 69.3 Å². The van der Waals surface area contributed by atoms with E-state index in [1.807, 2.05) is 6.20 Å². The molecule has 0 atom stereocenters. The molecule has 138 valence electrons. The van der Waals surface area contributed by atoms with E-state index < -0.39 is 0 Å². The number of pyridine rings is 1. The molecule has 0 N–H and O–H groups in total. The molecule has 1 heterocycles. The van der Waals surface area contributed by atoms with Gasteiger partial charge in [0.2, 0.25) is 0 Å². The Morgan fingerprint density at radius 1 is 0.778 bits per heavy atom. The molecule has 27 heavy (non-hydrogen) atoms. The molecule has 0 unspecified atom stereocenters. The molecule has 2 aromatic carbocycles. The van der Waals surface area contributed by atoms with E-state index in [0.29, 0.717) is 5.41 Å². The lowest BCUT2D eigenvalue weighted by molar-refractivity contribution is 0.114. The molecule has 0 radical (unpaired) electrons. The monoisotopic (exact) mass is 355 g/mol. The second-order valence-electron chi connectivity index (χ2n) is 8.84. The van der Waals surface area contributed by atoms with Crippen molar-refractivity contribution in [1.29, 1.82) is 0 Å². The van der Waals surface area contributed by atoms with Crippen LogP contribution in [0.15, 0.2) is 60.8 Å². The van der Waals surface area contributed by atoms with Gasteiger partial charge in [-0.1, -0.05) is 61.7 Å². The topological polar surface area (TPSA) is 12.9 Å². The summed E-state index contributed by atoms with van der Waals surface area (Å²) in [6.45, 7) is 0. The van der Waals surface area contributed by atoms with Crippen LogP contribution in [-0.2, 0) is 0 Å². The third-order valence-electron chi connectivity index (χ3n) is 7.27. The molecule has 2 aliphatic rings. The minimum atomic E-state index is 0.697. The first-order valence-corrected chi connectivity index (χ1v) is 10.8. The third-order valence-corrected chi connectivity index (χ3v) is 7.27. The van der Waals surface area contributed by atoms with Crippen LogP contribution in [-0.4, -0.2) is 4.98 Å². The number of fused-ring (bicyclic) bond motifs is 1. The zero-order chi connectivity index (χ0) is 18.1. The second-order valence-corrected chi connectivity index (χ2v) is 8.84. The molecule has 0 saturated heterocycles. The van der Waals surface area contributed by atoms with E-state index in [9.17, 15) is 0 Å². The van der Waals surface area contributed by atoms with Crippen molar-refractivity contribution >= 4 is 10.8 Å². The highest BCUT2D eigenvalue weighted by atomic mass is 14.7. The second kappa shape index (κ2) is 7.11. The van der Waals surface area contributed by atoms with Gasteiger partial charge < -0.3 is 0 Å². The average molecular weight is 356 g/mol. The van der Waals surface area contributed by atoms with Gasteiger partial charge in [0.05, 0.1) is 5.69 Å². The minimum absolute atomic E-state index is 0.697. The first kappa shape index (κ1) is 17.0. The van der Waals surface area contributed by atoms with Crippen LogP contribution in [0.4, 0.5) is 0 Å². The smallest absolute Gasteiger partial charge is 0.0780 e. The number of hydrogen-bond acceptors (Lipinski definition) is 1. The molecule has 2 aliphatic carbocycles. The van der Waals surface area contributed by atoms with Crippen LogP contribution in [0.25, 0.3) is 22.0 Å². The van der Waals surface area contributed by atoms with Gasteiger partial charge in [-0.05, 0) is 72.9 Å². The summed E-state index contributed by atoms with van der Waals surface area (Å²) in [6.07, 6.45) is 14.9. The van der Waals surface area contributed by atoms with Gasteiger partial charge in [0, 0.05) is 17.1 Å². The lowest BCUT2D eigenvalue weighted by Gasteiger charge is -2.43. The molecule has 5 rings (SSSR count). The molecule has 2 saturated carbocycles. The molecule has 0 aliphatic heterocycles. The van der Waals surface area contributed by atoms with Crippen LogP contribution in [0.5, 0.6) is 0 Å². The zero-order valence-electron chi connectivity index (χ0n) is 16.2. The SMILES string of the molecule is c1ccc(-c2nccc3ccc(C4CCC5(CCCCC5)CC4)cc23)cc1. The number of benzene rings is 2. The highest BCUT2D eigenvalue weighted by molar-refractivity contribution is 5.94. The Hall–Kier alpha value is -2.15. The lowest BCUT2D eigenvalue weighted by Crippen LogP contribution is -2.29. The van der Waals surface area contributed by atoms with Gasteiger partial charge in [0.25, 0.3) is 0 Å². The van der Waals surface area contributed by atoms with Gasteiger partial charge in [0.15, 0.2) is 0 Å². The van der Waals surface area contributed by atoms with E-state index in [4.69, 9.17) is 4.98 Å². The number of hydrogen-bond donors (Lipinski definition) is 0. The zero-order valence-corrected chi connectivity index (χ0v) is 16.2. The Kier molecular flexibility index (Phi) is 4.47. The number of aromatic nitrogens is 1. The van der Waals surface area contributed by atoms with Crippen molar-refractivity contribution in [3.05, 3.63) is 66.4 Å². The fraction of sp³-hybridized carbons (Fsp3) is 0.423. The predicted molar refractivity (Wildman–Crippen MR) is 114 cm³/mol. The van der Waals surface area contributed by atoms with E-state index in [2.05, 4.69) is 54.6 Å². The van der Waals surface area contributed by atoms with Crippen molar-refractivity contribution in [1.82, 2.24) is 4.98 Å². The fourth-order valence-corrected chi connectivity index (χ4v) is 5.63. The molecule has 2 fully saturated rings. The van der Waals surface area contributed by atoms with Crippen molar-refractivity contribution in [2.45, 2.75) is 63.7 Å². The van der Waals surface area contributed by atoms with Gasteiger partial charge in [-0.2, -0.15) is 0 Å². The largest absolute Gasteiger partial charge is 0.256 e. The summed E-state index contributed by atoms with van der Waals surface area (Å²) >= 11 is 0. The summed E-state index contributed by atoms with van der Waals surface area (Å²) in [6, 6.07) is 19.9. The average Bonchev–Trinajstić information content (AvgIpc) is 2.75. The van der Waals surface area contributed by atoms with Gasteiger partial charge in [-0.3, -0.25) is 4.98 Å². The summed E-state index contributed by atoms with van der Waals surface area (Å²) in [5.74, 6) is 0.728. The predicted octanol–water partition coefficient (Wildman–Crippen LogP) is 7.51. The molecule has 1 nitrogen and oxygen atoms in total. The summed E-state index contributed by atoms with van der Waals surface area (Å²) in [5.41, 5.74) is 4.56. The van der Waals surface area contributed by atoms with Gasteiger partial charge in [-0.15, -0.1) is 0 Å². The molecule has 1 aromatic heterocycles. The Bertz CT molecular complexity index is 911. The highest BCUT2D eigenvalue weighted by Crippen LogP contribution is 2.51. The van der Waals surface area contributed by atoms with Gasteiger partial charge in [-0.25, -0.2) is 0 Å². The van der Waals surface area contributed by atoms with E-state index >= 15 is 0 Å². The van der Waals surface area contributed by atoms with Gasteiger partial charge >= 0.3 is 0 Å². The summed E-state index contributed by atoms with van der Waals surface area (Å²) in [7, 11) is 0. The van der Waals surface area contributed by atoms with Crippen molar-refractivity contribution in [2.24, 2.45) is 5.41 Å². The Morgan fingerprint density at radius 3 is 2.33 bits per heavy atom. The van der Waals surface area contributed by atoms with Crippen LogP contribution in [0.3, 0.4) is 0 Å². The molecule has 3 aromatic rings. The van der Waals surface area contributed by atoms with Crippen molar-refractivity contribution in [3.8, 4) is 11.3 Å². The summed E-state index contributed by atoms with van der Waals surface area (Å²) in [5, 5.41) is 2.60. The molecular weight excluding hydrogens is 326 g/mol. The third kappa shape index (κ3) is 3.29. The Morgan fingerprint density at radius 2 is 1.56 bits per heavy atom. The maximum Gasteiger partial charge on any atom is 0.0780 e. The molecular formula is C26H29N. The quantitative estimate of drug-likeness (QED) is 0.463. The molecule has 0 amide bonds.